The van der Waals surface area contributed by atoms with Gasteiger partial charge in [-0.3, -0.25) is 4.79 Å². The molecule has 2 aromatic carbocycles. The number of rotatable bonds is 6. The van der Waals surface area contributed by atoms with Crippen LogP contribution in [-0.2, 0) is 4.79 Å². The first kappa shape index (κ1) is 19.6. The van der Waals surface area contributed by atoms with Crippen molar-refractivity contribution in [2.45, 2.75) is 18.9 Å². The summed E-state index contributed by atoms with van der Waals surface area (Å²) in [6.45, 7) is 0.621. The SMILES string of the molecule is COc1ccc(C2CCCN2C(=O)COc2ccc(Cl)c(Cl)c2)c(OC)c1. The van der Waals surface area contributed by atoms with E-state index in [1.807, 2.05) is 23.1 Å². The van der Waals surface area contributed by atoms with Crippen LogP contribution < -0.4 is 14.2 Å². The quantitative estimate of drug-likeness (QED) is 0.690. The average molecular weight is 410 g/mol. The molecule has 0 aromatic heterocycles. The molecule has 5 nitrogen and oxygen atoms in total. The molecule has 27 heavy (non-hydrogen) atoms. The van der Waals surface area contributed by atoms with Crippen LogP contribution in [0.15, 0.2) is 36.4 Å². The molecule has 2 aromatic rings. The van der Waals surface area contributed by atoms with E-state index < -0.39 is 0 Å². The molecule has 0 spiro atoms. The molecule has 0 aliphatic carbocycles. The molecule has 0 N–H and O–H groups in total. The Hall–Kier alpha value is -2.11. The fourth-order valence-electron chi connectivity index (χ4n) is 3.28. The van der Waals surface area contributed by atoms with Crippen molar-refractivity contribution in [3.63, 3.8) is 0 Å². The van der Waals surface area contributed by atoms with E-state index in [1.165, 1.54) is 0 Å². The molecular formula is C20H21Cl2NO4. The minimum absolute atomic E-state index is 0.0456. The zero-order valence-corrected chi connectivity index (χ0v) is 16.7. The second-order valence-corrected chi connectivity index (χ2v) is 7.03. The standard InChI is InChI=1S/C20H21Cl2NO4/c1-25-13-5-7-15(19(11-13)26-2)18-4-3-9-23(18)20(24)12-27-14-6-8-16(21)17(22)10-14/h5-8,10-11,18H,3-4,9,12H2,1-2H3. The first-order valence-electron chi connectivity index (χ1n) is 8.62. The van der Waals surface area contributed by atoms with E-state index in [-0.39, 0.29) is 18.6 Å². The molecule has 0 saturated carbocycles. The Morgan fingerprint density at radius 3 is 2.56 bits per heavy atom. The first-order valence-corrected chi connectivity index (χ1v) is 9.38. The smallest absolute Gasteiger partial charge is 0.261 e. The van der Waals surface area contributed by atoms with Gasteiger partial charge in [-0.05, 0) is 37.1 Å². The molecule has 3 rings (SSSR count). The lowest BCUT2D eigenvalue weighted by Crippen LogP contribution is -2.34. The Morgan fingerprint density at radius 1 is 1.07 bits per heavy atom. The predicted molar refractivity (Wildman–Crippen MR) is 105 cm³/mol. The molecular weight excluding hydrogens is 389 g/mol. The number of likely N-dealkylation sites (tertiary alicyclic amines) is 1. The van der Waals surface area contributed by atoms with Gasteiger partial charge in [0.1, 0.15) is 17.2 Å². The number of hydrogen-bond donors (Lipinski definition) is 0. The number of benzene rings is 2. The summed E-state index contributed by atoms with van der Waals surface area (Å²) < 4.78 is 16.4. The fraction of sp³-hybridized carbons (Fsp3) is 0.350. The highest BCUT2D eigenvalue weighted by atomic mass is 35.5. The van der Waals surface area contributed by atoms with E-state index in [2.05, 4.69) is 0 Å². The van der Waals surface area contributed by atoms with Crippen LogP contribution in [0.1, 0.15) is 24.4 Å². The van der Waals surface area contributed by atoms with E-state index in [9.17, 15) is 4.79 Å². The van der Waals surface area contributed by atoms with Crippen molar-refractivity contribution >= 4 is 29.1 Å². The van der Waals surface area contributed by atoms with Gasteiger partial charge in [0.2, 0.25) is 0 Å². The highest BCUT2D eigenvalue weighted by Crippen LogP contribution is 2.38. The number of carbonyl (C=O) groups excluding carboxylic acids is 1. The van der Waals surface area contributed by atoms with E-state index in [0.29, 0.717) is 28.1 Å². The maximum Gasteiger partial charge on any atom is 0.261 e. The summed E-state index contributed by atoms with van der Waals surface area (Å²) in [5, 5.41) is 0.838. The second-order valence-electron chi connectivity index (χ2n) is 6.22. The molecule has 1 amide bonds. The normalized spacial score (nSPS) is 16.3. The minimum atomic E-state index is -0.0820. The third kappa shape index (κ3) is 4.42. The Kier molecular flexibility index (Phi) is 6.34. The number of ether oxygens (including phenoxy) is 3. The van der Waals surface area contributed by atoms with Crippen molar-refractivity contribution in [2.75, 3.05) is 27.4 Å². The van der Waals surface area contributed by atoms with Crippen LogP contribution in [0.2, 0.25) is 10.0 Å². The summed E-state index contributed by atoms with van der Waals surface area (Å²) in [6, 6.07) is 10.6. The Bertz CT molecular complexity index is 828. The molecule has 0 bridgehead atoms. The van der Waals surface area contributed by atoms with Crippen LogP contribution in [0.4, 0.5) is 0 Å². The van der Waals surface area contributed by atoms with Crippen molar-refractivity contribution < 1.29 is 19.0 Å². The summed E-state index contributed by atoms with van der Waals surface area (Å²) >= 11 is 11.9. The Morgan fingerprint density at radius 2 is 1.85 bits per heavy atom. The van der Waals surface area contributed by atoms with Crippen LogP contribution in [-0.4, -0.2) is 38.2 Å². The molecule has 1 heterocycles. The molecule has 1 unspecified atom stereocenters. The minimum Gasteiger partial charge on any atom is -0.497 e. The maximum absolute atomic E-state index is 12.8. The van der Waals surface area contributed by atoms with Gasteiger partial charge in [0.15, 0.2) is 6.61 Å². The van der Waals surface area contributed by atoms with Gasteiger partial charge < -0.3 is 19.1 Å². The van der Waals surface area contributed by atoms with Crippen LogP contribution in [0.5, 0.6) is 17.2 Å². The molecule has 144 valence electrons. The average Bonchev–Trinajstić information content (AvgIpc) is 3.17. The van der Waals surface area contributed by atoms with Gasteiger partial charge in [-0.15, -0.1) is 0 Å². The third-order valence-corrected chi connectivity index (χ3v) is 5.37. The Balaban J connectivity index is 1.72. The van der Waals surface area contributed by atoms with Crippen LogP contribution in [0.25, 0.3) is 0 Å². The number of methoxy groups -OCH3 is 2. The monoisotopic (exact) mass is 409 g/mol. The molecule has 0 radical (unpaired) electrons. The third-order valence-electron chi connectivity index (χ3n) is 4.63. The van der Waals surface area contributed by atoms with Gasteiger partial charge in [-0.1, -0.05) is 23.2 Å². The van der Waals surface area contributed by atoms with Gasteiger partial charge >= 0.3 is 0 Å². The summed E-state index contributed by atoms with van der Waals surface area (Å²) in [5.74, 6) is 1.86. The topological polar surface area (TPSA) is 48.0 Å². The van der Waals surface area contributed by atoms with E-state index in [4.69, 9.17) is 37.4 Å². The lowest BCUT2D eigenvalue weighted by molar-refractivity contribution is -0.134. The Labute approximate surface area is 168 Å². The van der Waals surface area contributed by atoms with Crippen molar-refractivity contribution in [3.05, 3.63) is 52.0 Å². The molecule has 7 heteroatoms. The summed E-state index contributed by atoms with van der Waals surface area (Å²) in [5.41, 5.74) is 0.971. The summed E-state index contributed by atoms with van der Waals surface area (Å²) in [7, 11) is 3.23. The zero-order valence-electron chi connectivity index (χ0n) is 15.2. The van der Waals surface area contributed by atoms with Crippen molar-refractivity contribution in [1.82, 2.24) is 4.90 Å². The molecule has 1 aliphatic heterocycles. The van der Waals surface area contributed by atoms with Crippen molar-refractivity contribution in [2.24, 2.45) is 0 Å². The number of halogens is 2. The number of nitrogens with zero attached hydrogens (tertiary/aromatic N) is 1. The van der Waals surface area contributed by atoms with Gasteiger partial charge in [-0.2, -0.15) is 0 Å². The number of hydrogen-bond acceptors (Lipinski definition) is 4. The van der Waals surface area contributed by atoms with Gasteiger partial charge in [0.05, 0.1) is 30.3 Å². The van der Waals surface area contributed by atoms with Gasteiger partial charge in [-0.25, -0.2) is 0 Å². The highest BCUT2D eigenvalue weighted by molar-refractivity contribution is 6.42. The zero-order chi connectivity index (χ0) is 19.4. The van der Waals surface area contributed by atoms with Crippen molar-refractivity contribution in [3.8, 4) is 17.2 Å². The van der Waals surface area contributed by atoms with Crippen LogP contribution >= 0.6 is 23.2 Å². The van der Waals surface area contributed by atoms with E-state index in [1.54, 1.807) is 32.4 Å². The van der Waals surface area contributed by atoms with Crippen molar-refractivity contribution in [1.29, 1.82) is 0 Å². The first-order chi connectivity index (χ1) is 13.0. The molecule has 1 atom stereocenters. The summed E-state index contributed by atoms with van der Waals surface area (Å²) in [6.07, 6.45) is 1.81. The molecule has 1 saturated heterocycles. The molecule has 1 fully saturated rings. The fourth-order valence-corrected chi connectivity index (χ4v) is 3.56. The second kappa shape index (κ2) is 8.72. The highest BCUT2D eigenvalue weighted by Gasteiger charge is 2.32. The largest absolute Gasteiger partial charge is 0.497 e. The van der Waals surface area contributed by atoms with Crippen LogP contribution in [0, 0.1) is 0 Å². The van der Waals surface area contributed by atoms with E-state index >= 15 is 0 Å². The van der Waals surface area contributed by atoms with Gasteiger partial charge in [0.25, 0.3) is 5.91 Å². The van der Waals surface area contributed by atoms with Gasteiger partial charge in [0, 0.05) is 24.2 Å². The van der Waals surface area contributed by atoms with Crippen LogP contribution in [0.3, 0.4) is 0 Å². The molecule has 1 aliphatic rings. The lowest BCUT2D eigenvalue weighted by Gasteiger charge is -2.26. The number of amides is 1. The number of carbonyl (C=O) groups is 1. The predicted octanol–water partition coefficient (Wildman–Crippen LogP) is 4.75. The van der Waals surface area contributed by atoms with E-state index in [0.717, 1.165) is 24.2 Å². The summed E-state index contributed by atoms with van der Waals surface area (Å²) in [4.78, 5) is 14.6. The lowest BCUT2D eigenvalue weighted by atomic mass is 10.0. The maximum atomic E-state index is 12.8.